The highest BCUT2D eigenvalue weighted by Crippen LogP contribution is 2.36. The van der Waals surface area contributed by atoms with E-state index < -0.39 is 0 Å². The van der Waals surface area contributed by atoms with E-state index in [1.807, 2.05) is 41.8 Å². The molecule has 0 spiro atoms. The zero-order chi connectivity index (χ0) is 18.1. The number of fused-ring (bicyclic) bond motifs is 1. The van der Waals surface area contributed by atoms with Crippen LogP contribution in [0.3, 0.4) is 0 Å². The van der Waals surface area contributed by atoms with Gasteiger partial charge in [0.2, 0.25) is 0 Å². The quantitative estimate of drug-likeness (QED) is 0.476. The van der Waals surface area contributed by atoms with Crippen LogP contribution in [0.25, 0.3) is 21.3 Å². The third-order valence-corrected chi connectivity index (χ3v) is 6.21. The second kappa shape index (κ2) is 6.89. The zero-order valence-corrected chi connectivity index (χ0v) is 15.6. The summed E-state index contributed by atoms with van der Waals surface area (Å²) in [5.41, 5.74) is 2.23. The Morgan fingerprint density at radius 1 is 1.15 bits per heavy atom. The highest BCUT2D eigenvalue weighted by molar-refractivity contribution is 7.21. The number of nitrogens with zero attached hydrogens (tertiary/aromatic N) is 2. The van der Waals surface area contributed by atoms with E-state index in [4.69, 9.17) is 16.9 Å². The van der Waals surface area contributed by atoms with Gasteiger partial charge in [-0.05, 0) is 18.2 Å². The number of halogens is 1. The first-order chi connectivity index (χ1) is 12.7. The zero-order valence-electron chi connectivity index (χ0n) is 13.2. The van der Waals surface area contributed by atoms with Crippen molar-refractivity contribution >= 4 is 55.4 Å². The van der Waals surface area contributed by atoms with Crippen molar-refractivity contribution in [3.8, 4) is 17.3 Å². The lowest BCUT2D eigenvalue weighted by molar-refractivity contribution is 0.103. The van der Waals surface area contributed by atoms with Gasteiger partial charge in [-0.25, -0.2) is 4.98 Å². The number of anilines is 1. The number of aromatic nitrogens is 1. The van der Waals surface area contributed by atoms with E-state index in [9.17, 15) is 4.79 Å². The SMILES string of the molecule is N#Cc1ccc(-c2csc(NC(=O)c3sc4ccccc4c3Cl)n2)cc1. The lowest BCUT2D eigenvalue weighted by Gasteiger charge is -2.00. The molecule has 2 heterocycles. The maximum Gasteiger partial charge on any atom is 0.269 e. The van der Waals surface area contributed by atoms with Crippen molar-refractivity contribution in [2.24, 2.45) is 0 Å². The van der Waals surface area contributed by atoms with Gasteiger partial charge in [0.05, 0.1) is 22.3 Å². The van der Waals surface area contributed by atoms with Crippen molar-refractivity contribution in [1.29, 1.82) is 5.26 Å². The molecule has 0 radical (unpaired) electrons. The van der Waals surface area contributed by atoms with Gasteiger partial charge in [0.15, 0.2) is 5.13 Å². The van der Waals surface area contributed by atoms with E-state index in [0.29, 0.717) is 20.6 Å². The van der Waals surface area contributed by atoms with Gasteiger partial charge >= 0.3 is 0 Å². The predicted molar refractivity (Wildman–Crippen MR) is 107 cm³/mol. The number of carbonyl (C=O) groups excluding carboxylic acids is 1. The molecule has 0 fully saturated rings. The van der Waals surface area contributed by atoms with Crippen molar-refractivity contribution in [2.45, 2.75) is 0 Å². The van der Waals surface area contributed by atoms with Crippen LogP contribution >= 0.6 is 34.3 Å². The molecule has 0 aliphatic rings. The number of amides is 1. The molecule has 0 aliphatic carbocycles. The summed E-state index contributed by atoms with van der Waals surface area (Å²) >= 11 is 9.06. The fraction of sp³-hybridized carbons (Fsp3) is 0. The number of carbonyl (C=O) groups is 1. The third kappa shape index (κ3) is 3.08. The molecule has 2 aromatic heterocycles. The van der Waals surface area contributed by atoms with Gasteiger partial charge in [0.1, 0.15) is 4.88 Å². The highest BCUT2D eigenvalue weighted by Gasteiger charge is 2.18. The molecular weight excluding hydrogens is 386 g/mol. The minimum absolute atomic E-state index is 0.267. The fourth-order valence-electron chi connectivity index (χ4n) is 2.49. The molecule has 2 aromatic carbocycles. The number of hydrogen-bond acceptors (Lipinski definition) is 5. The van der Waals surface area contributed by atoms with Gasteiger partial charge < -0.3 is 0 Å². The van der Waals surface area contributed by atoms with E-state index in [-0.39, 0.29) is 5.91 Å². The molecule has 26 heavy (non-hydrogen) atoms. The molecule has 0 unspecified atom stereocenters. The van der Waals surface area contributed by atoms with Crippen LogP contribution in [0.2, 0.25) is 5.02 Å². The van der Waals surface area contributed by atoms with Gasteiger partial charge in [0, 0.05) is 21.0 Å². The molecule has 1 amide bonds. The molecule has 7 heteroatoms. The third-order valence-electron chi connectivity index (χ3n) is 3.78. The Bertz CT molecular complexity index is 1160. The molecule has 4 nitrogen and oxygen atoms in total. The van der Waals surface area contributed by atoms with Crippen molar-refractivity contribution in [3.05, 3.63) is 69.4 Å². The van der Waals surface area contributed by atoms with Crippen LogP contribution in [0, 0.1) is 11.3 Å². The van der Waals surface area contributed by atoms with E-state index in [1.165, 1.54) is 22.7 Å². The van der Waals surface area contributed by atoms with Gasteiger partial charge in [-0.15, -0.1) is 22.7 Å². The first-order valence-electron chi connectivity index (χ1n) is 7.60. The summed E-state index contributed by atoms with van der Waals surface area (Å²) in [5, 5.41) is 15.4. The number of nitriles is 1. The van der Waals surface area contributed by atoms with E-state index in [0.717, 1.165) is 21.3 Å². The lowest BCUT2D eigenvalue weighted by atomic mass is 10.1. The van der Waals surface area contributed by atoms with Crippen molar-refractivity contribution in [2.75, 3.05) is 5.32 Å². The maximum absolute atomic E-state index is 12.6. The van der Waals surface area contributed by atoms with Crippen molar-refractivity contribution in [1.82, 2.24) is 4.98 Å². The topological polar surface area (TPSA) is 65.8 Å². The number of benzene rings is 2. The lowest BCUT2D eigenvalue weighted by Crippen LogP contribution is -2.10. The summed E-state index contributed by atoms with van der Waals surface area (Å²) in [6.07, 6.45) is 0. The standard InChI is InChI=1S/C19H10ClN3OS2/c20-16-13-3-1-2-4-15(13)26-17(16)18(24)23-19-22-14(10-25-19)12-7-5-11(9-21)6-8-12/h1-8,10H,(H,22,23,24). The Kier molecular flexibility index (Phi) is 4.43. The van der Waals surface area contributed by atoms with E-state index >= 15 is 0 Å². The molecule has 0 saturated heterocycles. The Labute approximate surface area is 162 Å². The molecule has 0 saturated carbocycles. The Hall–Kier alpha value is -2.72. The first kappa shape index (κ1) is 16.7. The van der Waals surface area contributed by atoms with E-state index in [2.05, 4.69) is 16.4 Å². The first-order valence-corrected chi connectivity index (χ1v) is 9.67. The molecule has 126 valence electrons. The maximum atomic E-state index is 12.6. The summed E-state index contributed by atoms with van der Waals surface area (Å²) in [7, 11) is 0. The van der Waals surface area contributed by atoms with Crippen LogP contribution in [-0.2, 0) is 0 Å². The molecule has 4 rings (SSSR count). The smallest absolute Gasteiger partial charge is 0.269 e. The van der Waals surface area contributed by atoms with Crippen LogP contribution in [0.4, 0.5) is 5.13 Å². The van der Waals surface area contributed by atoms with Crippen LogP contribution in [0.5, 0.6) is 0 Å². The second-order valence-electron chi connectivity index (χ2n) is 5.42. The van der Waals surface area contributed by atoms with Crippen LogP contribution in [0.1, 0.15) is 15.2 Å². The van der Waals surface area contributed by atoms with Gasteiger partial charge in [-0.1, -0.05) is 41.9 Å². The Morgan fingerprint density at radius 2 is 1.92 bits per heavy atom. The molecule has 1 N–H and O–H groups in total. The average Bonchev–Trinajstić information content (AvgIpc) is 3.27. The number of nitrogens with one attached hydrogen (secondary N) is 1. The summed E-state index contributed by atoms with van der Waals surface area (Å²) in [4.78, 5) is 17.5. The van der Waals surface area contributed by atoms with Gasteiger partial charge in [-0.3, -0.25) is 10.1 Å². The summed E-state index contributed by atoms with van der Waals surface area (Å²) in [6, 6.07) is 16.9. The van der Waals surface area contributed by atoms with Crippen LogP contribution < -0.4 is 5.32 Å². The van der Waals surface area contributed by atoms with Crippen LogP contribution in [-0.4, -0.2) is 10.9 Å². The normalized spacial score (nSPS) is 10.6. The molecule has 0 bridgehead atoms. The highest BCUT2D eigenvalue weighted by atomic mass is 35.5. The summed E-state index contributed by atoms with van der Waals surface area (Å²) in [5.74, 6) is -0.267. The Morgan fingerprint density at radius 3 is 2.65 bits per heavy atom. The van der Waals surface area contributed by atoms with E-state index in [1.54, 1.807) is 12.1 Å². The average molecular weight is 396 g/mol. The number of rotatable bonds is 3. The number of hydrogen-bond donors (Lipinski definition) is 1. The second-order valence-corrected chi connectivity index (χ2v) is 7.71. The van der Waals surface area contributed by atoms with Crippen LogP contribution in [0.15, 0.2) is 53.9 Å². The number of thiazole rings is 1. The molecule has 0 atom stereocenters. The van der Waals surface area contributed by atoms with Gasteiger partial charge in [-0.2, -0.15) is 5.26 Å². The number of thiophene rings is 1. The monoisotopic (exact) mass is 395 g/mol. The van der Waals surface area contributed by atoms with Crippen molar-refractivity contribution in [3.63, 3.8) is 0 Å². The minimum atomic E-state index is -0.267. The molecular formula is C19H10ClN3OS2. The molecule has 4 aromatic rings. The summed E-state index contributed by atoms with van der Waals surface area (Å²) < 4.78 is 0.972. The summed E-state index contributed by atoms with van der Waals surface area (Å²) in [6.45, 7) is 0. The fourth-order valence-corrected chi connectivity index (χ4v) is 4.62. The Balaban J connectivity index is 1.57. The minimum Gasteiger partial charge on any atom is -0.297 e. The van der Waals surface area contributed by atoms with Gasteiger partial charge in [0.25, 0.3) is 5.91 Å². The largest absolute Gasteiger partial charge is 0.297 e. The molecule has 0 aliphatic heterocycles. The predicted octanol–water partition coefficient (Wildman–Crippen LogP) is 5.80. The van der Waals surface area contributed by atoms with Crippen molar-refractivity contribution < 1.29 is 4.79 Å².